The summed E-state index contributed by atoms with van der Waals surface area (Å²) in [4.78, 5) is 0. The first-order valence-electron chi connectivity index (χ1n) is 5.91. The van der Waals surface area contributed by atoms with Gasteiger partial charge in [-0.2, -0.15) is 0 Å². The van der Waals surface area contributed by atoms with Crippen LogP contribution in [0.1, 0.15) is 27.7 Å². The van der Waals surface area contributed by atoms with Gasteiger partial charge in [-0.3, -0.25) is 0 Å². The molecule has 0 aromatic rings. The van der Waals surface area contributed by atoms with Crippen molar-refractivity contribution in [3.05, 3.63) is 78.3 Å². The van der Waals surface area contributed by atoms with Crippen LogP contribution in [0, 0.1) is 6.42 Å². The molecule has 0 aliphatic heterocycles. The first-order chi connectivity index (χ1) is 8.13. The molecular formula is C17H23+. The van der Waals surface area contributed by atoms with Gasteiger partial charge in [-0.25, -0.2) is 0 Å². The summed E-state index contributed by atoms with van der Waals surface area (Å²) >= 11 is 0. The SMILES string of the molecule is CC(C)=C/C=C/C=C/C=C/[CH+]/C=C/C=C(C)C. The van der Waals surface area contributed by atoms with Crippen molar-refractivity contribution >= 4 is 0 Å². The molecule has 0 amide bonds. The summed E-state index contributed by atoms with van der Waals surface area (Å²) in [5.74, 6) is 0. The van der Waals surface area contributed by atoms with Crippen LogP contribution < -0.4 is 0 Å². The lowest BCUT2D eigenvalue weighted by Gasteiger charge is -1.79. The Balaban J connectivity index is 3.78. The Bertz CT molecular complexity index is 349. The zero-order chi connectivity index (χ0) is 12.9. The molecule has 0 spiro atoms. The molecule has 0 heterocycles. The van der Waals surface area contributed by atoms with Gasteiger partial charge in [0.05, 0.1) is 0 Å². The highest BCUT2D eigenvalue weighted by Gasteiger charge is 1.78. The quantitative estimate of drug-likeness (QED) is 0.424. The molecule has 0 bridgehead atoms. The highest BCUT2D eigenvalue weighted by atomic mass is 13.8. The maximum atomic E-state index is 2.09. The molecule has 17 heavy (non-hydrogen) atoms. The standard InChI is InChI=1S/C17H23/c1-16(2)14-12-10-8-6-5-7-9-11-13-15-17(3)4/h5-15H,1-4H3/q+1/b6-5+,9-7+,12-10+,13-11+. The molecule has 0 radical (unpaired) electrons. The molecular weight excluding hydrogens is 204 g/mol. The number of hydrogen-bond donors (Lipinski definition) is 0. The van der Waals surface area contributed by atoms with Gasteiger partial charge in [-0.15, -0.1) is 0 Å². The summed E-state index contributed by atoms with van der Waals surface area (Å²) in [6.07, 6.45) is 22.4. The Morgan fingerprint density at radius 1 is 0.588 bits per heavy atom. The van der Waals surface area contributed by atoms with E-state index in [2.05, 4.69) is 39.8 Å². The highest BCUT2D eigenvalue weighted by molar-refractivity contribution is 5.21. The first-order valence-corrected chi connectivity index (χ1v) is 5.91. The molecule has 0 nitrogen and oxygen atoms in total. The average Bonchev–Trinajstić information content (AvgIpc) is 2.25. The second-order valence-corrected chi connectivity index (χ2v) is 4.22. The number of hydrogen-bond acceptors (Lipinski definition) is 0. The third-order valence-electron chi connectivity index (χ3n) is 1.75. The Labute approximate surface area is 106 Å². The highest BCUT2D eigenvalue weighted by Crippen LogP contribution is 1.92. The fourth-order valence-electron chi connectivity index (χ4n) is 0.945. The van der Waals surface area contributed by atoms with Gasteiger partial charge in [0, 0.05) is 30.7 Å². The van der Waals surface area contributed by atoms with Crippen LogP contribution in [0.15, 0.2) is 71.9 Å². The largest absolute Gasteiger partial charge is 0.0764 e. The molecule has 0 N–H and O–H groups in total. The van der Waals surface area contributed by atoms with E-state index >= 15 is 0 Å². The van der Waals surface area contributed by atoms with Crippen LogP contribution in [-0.2, 0) is 0 Å². The van der Waals surface area contributed by atoms with Crippen LogP contribution in [0.5, 0.6) is 0 Å². The van der Waals surface area contributed by atoms with Crippen molar-refractivity contribution in [2.24, 2.45) is 0 Å². The summed E-state index contributed by atoms with van der Waals surface area (Å²) in [5, 5.41) is 0. The van der Waals surface area contributed by atoms with Crippen LogP contribution in [0.2, 0.25) is 0 Å². The summed E-state index contributed by atoms with van der Waals surface area (Å²) in [5.41, 5.74) is 2.62. The summed E-state index contributed by atoms with van der Waals surface area (Å²) in [7, 11) is 0. The molecule has 0 aliphatic carbocycles. The summed E-state index contributed by atoms with van der Waals surface area (Å²) in [6.45, 7) is 8.34. The maximum absolute atomic E-state index is 2.09. The maximum Gasteiger partial charge on any atom is 0.0466 e. The van der Waals surface area contributed by atoms with Gasteiger partial charge >= 0.3 is 0 Å². The van der Waals surface area contributed by atoms with Crippen molar-refractivity contribution < 1.29 is 0 Å². The van der Waals surface area contributed by atoms with E-state index in [1.165, 1.54) is 11.1 Å². The smallest absolute Gasteiger partial charge is 0.0466 e. The van der Waals surface area contributed by atoms with Crippen LogP contribution in [0.25, 0.3) is 0 Å². The lowest BCUT2D eigenvalue weighted by Crippen LogP contribution is -1.62. The molecule has 0 aromatic heterocycles. The minimum atomic E-state index is 1.31. The van der Waals surface area contributed by atoms with Crippen molar-refractivity contribution in [3.8, 4) is 0 Å². The minimum Gasteiger partial charge on any atom is -0.0764 e. The van der Waals surface area contributed by atoms with Crippen molar-refractivity contribution in [2.45, 2.75) is 27.7 Å². The molecule has 0 fully saturated rings. The zero-order valence-corrected chi connectivity index (χ0v) is 11.4. The molecule has 90 valence electrons. The normalized spacial score (nSPS) is 11.8. The Morgan fingerprint density at radius 2 is 1.06 bits per heavy atom. The molecule has 0 saturated carbocycles. The first kappa shape index (κ1) is 15.3. The van der Waals surface area contributed by atoms with E-state index in [4.69, 9.17) is 0 Å². The predicted molar refractivity (Wildman–Crippen MR) is 79.7 cm³/mol. The van der Waals surface area contributed by atoms with Gasteiger partial charge in [0.1, 0.15) is 0 Å². The van der Waals surface area contributed by atoms with E-state index in [-0.39, 0.29) is 0 Å². The average molecular weight is 227 g/mol. The van der Waals surface area contributed by atoms with Gasteiger partial charge in [0.25, 0.3) is 0 Å². The van der Waals surface area contributed by atoms with Gasteiger partial charge < -0.3 is 0 Å². The third kappa shape index (κ3) is 14.3. The molecule has 0 rings (SSSR count). The van der Waals surface area contributed by atoms with Gasteiger partial charge in [0.2, 0.25) is 0 Å². The Hall–Kier alpha value is -1.69. The number of rotatable bonds is 6. The monoisotopic (exact) mass is 227 g/mol. The van der Waals surface area contributed by atoms with Crippen LogP contribution in [0.4, 0.5) is 0 Å². The van der Waals surface area contributed by atoms with Gasteiger partial charge in [-0.1, -0.05) is 29.4 Å². The van der Waals surface area contributed by atoms with Gasteiger partial charge in [0.15, 0.2) is 0 Å². The van der Waals surface area contributed by atoms with Crippen molar-refractivity contribution in [3.63, 3.8) is 0 Å². The topological polar surface area (TPSA) is 0 Å². The van der Waals surface area contributed by atoms with Crippen molar-refractivity contribution in [1.82, 2.24) is 0 Å². The lowest BCUT2D eigenvalue weighted by atomic mass is 10.3. The fraction of sp³-hybridized carbons (Fsp3) is 0.235. The lowest BCUT2D eigenvalue weighted by molar-refractivity contribution is 1.39. The molecule has 0 heteroatoms. The molecule has 0 unspecified atom stereocenters. The Kier molecular flexibility index (Phi) is 9.74. The number of allylic oxidation sites excluding steroid dienone is 12. The van der Waals surface area contributed by atoms with E-state index in [0.29, 0.717) is 0 Å². The van der Waals surface area contributed by atoms with E-state index in [0.717, 1.165) is 0 Å². The van der Waals surface area contributed by atoms with Crippen LogP contribution in [0.3, 0.4) is 0 Å². The molecule has 0 aliphatic rings. The predicted octanol–water partition coefficient (Wildman–Crippen LogP) is 5.35. The van der Waals surface area contributed by atoms with E-state index in [1.807, 2.05) is 55.0 Å². The van der Waals surface area contributed by atoms with E-state index in [1.54, 1.807) is 0 Å². The summed E-state index contributed by atoms with van der Waals surface area (Å²) < 4.78 is 0. The van der Waals surface area contributed by atoms with E-state index in [9.17, 15) is 0 Å². The molecule has 0 aromatic carbocycles. The van der Waals surface area contributed by atoms with Gasteiger partial charge in [-0.05, 0) is 45.9 Å². The second-order valence-electron chi connectivity index (χ2n) is 4.22. The fourth-order valence-corrected chi connectivity index (χ4v) is 0.945. The molecule has 0 saturated heterocycles. The van der Waals surface area contributed by atoms with Crippen molar-refractivity contribution in [2.75, 3.05) is 0 Å². The zero-order valence-electron chi connectivity index (χ0n) is 11.4. The summed E-state index contributed by atoms with van der Waals surface area (Å²) in [6, 6.07) is 0. The Morgan fingerprint density at radius 3 is 1.71 bits per heavy atom. The van der Waals surface area contributed by atoms with Crippen LogP contribution in [-0.4, -0.2) is 0 Å². The van der Waals surface area contributed by atoms with Crippen LogP contribution >= 0.6 is 0 Å². The second kappa shape index (κ2) is 10.8. The third-order valence-corrected chi connectivity index (χ3v) is 1.75. The molecule has 0 atom stereocenters. The van der Waals surface area contributed by atoms with Crippen molar-refractivity contribution in [1.29, 1.82) is 0 Å². The van der Waals surface area contributed by atoms with E-state index < -0.39 is 0 Å². The minimum absolute atomic E-state index is 1.31.